The summed E-state index contributed by atoms with van der Waals surface area (Å²) in [5, 5.41) is 3.45. The molecular formula is C20H31IN4O2. The van der Waals surface area contributed by atoms with Crippen molar-refractivity contribution in [3.05, 3.63) is 35.9 Å². The highest BCUT2D eigenvalue weighted by Gasteiger charge is 2.27. The summed E-state index contributed by atoms with van der Waals surface area (Å²) < 4.78 is 5.71. The molecule has 27 heavy (non-hydrogen) atoms. The third-order valence-electron chi connectivity index (χ3n) is 5.13. The lowest BCUT2D eigenvalue weighted by Crippen LogP contribution is -2.43. The van der Waals surface area contributed by atoms with Gasteiger partial charge in [0, 0.05) is 46.3 Å². The molecule has 6 nitrogen and oxygen atoms in total. The topological polar surface area (TPSA) is 57.2 Å². The van der Waals surface area contributed by atoms with Crippen LogP contribution in [-0.4, -0.2) is 74.7 Å². The van der Waals surface area contributed by atoms with E-state index in [1.165, 1.54) is 5.56 Å². The smallest absolute Gasteiger partial charge is 0.243 e. The van der Waals surface area contributed by atoms with Crippen molar-refractivity contribution in [2.24, 2.45) is 4.99 Å². The fraction of sp³-hybridized carbons (Fsp3) is 0.600. The Labute approximate surface area is 179 Å². The molecule has 3 rings (SSSR count). The van der Waals surface area contributed by atoms with Gasteiger partial charge in [0.05, 0.1) is 6.10 Å². The van der Waals surface area contributed by atoms with E-state index >= 15 is 0 Å². The normalized spacial score (nSPS) is 22.4. The van der Waals surface area contributed by atoms with Gasteiger partial charge in [-0.25, -0.2) is 4.99 Å². The van der Waals surface area contributed by atoms with Crippen LogP contribution >= 0.6 is 24.0 Å². The van der Waals surface area contributed by atoms with Crippen molar-refractivity contribution >= 4 is 35.8 Å². The highest BCUT2D eigenvalue weighted by atomic mass is 127. The number of likely N-dealkylation sites (N-methyl/N-ethyl adjacent to an activating group) is 1. The summed E-state index contributed by atoms with van der Waals surface area (Å²) in [7, 11) is 3.53. The highest BCUT2D eigenvalue weighted by Crippen LogP contribution is 2.27. The number of guanidine groups is 1. The Balaban J connectivity index is 0.00000261. The maximum atomic E-state index is 12.0. The Hall–Kier alpha value is -1.35. The Bertz CT molecular complexity index is 618. The Morgan fingerprint density at radius 1 is 1.30 bits per heavy atom. The van der Waals surface area contributed by atoms with Gasteiger partial charge in [-0.2, -0.15) is 0 Å². The molecule has 2 unspecified atom stereocenters. The number of likely N-dealkylation sites (tertiary alicyclic amines) is 1. The van der Waals surface area contributed by atoms with E-state index in [4.69, 9.17) is 4.74 Å². The van der Waals surface area contributed by atoms with Crippen molar-refractivity contribution < 1.29 is 9.53 Å². The number of hydrogen-bond donors (Lipinski definition) is 1. The highest BCUT2D eigenvalue weighted by molar-refractivity contribution is 14.0. The van der Waals surface area contributed by atoms with Crippen LogP contribution in [0.25, 0.3) is 0 Å². The molecule has 0 spiro atoms. The van der Waals surface area contributed by atoms with Crippen LogP contribution in [0.5, 0.6) is 0 Å². The summed E-state index contributed by atoms with van der Waals surface area (Å²) in [5.74, 6) is 1.35. The summed E-state index contributed by atoms with van der Waals surface area (Å²) in [5.41, 5.74) is 1.37. The molecule has 7 heteroatoms. The number of amides is 1. The molecule has 2 saturated heterocycles. The van der Waals surface area contributed by atoms with Gasteiger partial charge < -0.3 is 19.9 Å². The summed E-state index contributed by atoms with van der Waals surface area (Å²) in [6.45, 7) is 3.65. The lowest BCUT2D eigenvalue weighted by atomic mass is 9.99. The first-order valence-corrected chi connectivity index (χ1v) is 9.53. The van der Waals surface area contributed by atoms with E-state index in [1.54, 1.807) is 19.0 Å². The van der Waals surface area contributed by atoms with Gasteiger partial charge in [0.15, 0.2) is 5.96 Å². The third kappa shape index (κ3) is 6.34. The maximum absolute atomic E-state index is 12.0. The minimum Gasteiger partial charge on any atom is -0.376 e. The van der Waals surface area contributed by atoms with Crippen molar-refractivity contribution in [3.63, 3.8) is 0 Å². The van der Waals surface area contributed by atoms with Crippen molar-refractivity contribution in [2.45, 2.75) is 31.3 Å². The molecule has 1 N–H and O–H groups in total. The molecule has 0 aromatic heterocycles. The lowest BCUT2D eigenvalue weighted by Gasteiger charge is -2.24. The molecule has 0 radical (unpaired) electrons. The Morgan fingerprint density at radius 2 is 2.07 bits per heavy atom. The van der Waals surface area contributed by atoms with Gasteiger partial charge in [-0.15, -0.1) is 24.0 Å². The summed E-state index contributed by atoms with van der Waals surface area (Å²) in [4.78, 5) is 20.4. The molecule has 0 saturated carbocycles. The maximum Gasteiger partial charge on any atom is 0.243 e. The number of hydrogen-bond acceptors (Lipinski definition) is 3. The minimum atomic E-state index is 0. The number of aliphatic imine (C=N–C) groups is 1. The fourth-order valence-corrected chi connectivity index (χ4v) is 3.51. The first-order valence-electron chi connectivity index (χ1n) is 9.53. The fourth-order valence-electron chi connectivity index (χ4n) is 3.51. The second-order valence-corrected chi connectivity index (χ2v) is 7.29. The van der Waals surface area contributed by atoms with Crippen LogP contribution in [0, 0.1) is 0 Å². The number of rotatable bonds is 5. The Morgan fingerprint density at radius 3 is 2.74 bits per heavy atom. The lowest BCUT2D eigenvalue weighted by molar-refractivity contribution is -0.127. The predicted octanol–water partition coefficient (Wildman–Crippen LogP) is 2.31. The number of carbonyl (C=O) groups excluding carboxylic acids is 1. The molecule has 150 valence electrons. The SMILES string of the molecule is CN(C)C(=O)CN=C(NCC1CCCO1)N1CCC(c2ccccc2)C1.I. The van der Waals surface area contributed by atoms with E-state index < -0.39 is 0 Å². The Kier molecular flexibility index (Phi) is 8.82. The second kappa shape index (κ2) is 10.8. The quantitative estimate of drug-likeness (QED) is 0.395. The molecule has 1 aromatic carbocycles. The van der Waals surface area contributed by atoms with Crippen LogP contribution in [-0.2, 0) is 9.53 Å². The van der Waals surface area contributed by atoms with Crippen molar-refractivity contribution in [1.82, 2.24) is 15.1 Å². The molecular weight excluding hydrogens is 455 g/mol. The number of nitrogens with zero attached hydrogens (tertiary/aromatic N) is 3. The zero-order valence-electron chi connectivity index (χ0n) is 16.3. The first-order chi connectivity index (χ1) is 12.6. The average molecular weight is 486 g/mol. The molecule has 2 aliphatic rings. The van der Waals surface area contributed by atoms with Gasteiger partial charge in [-0.1, -0.05) is 30.3 Å². The van der Waals surface area contributed by atoms with E-state index in [1.807, 2.05) is 0 Å². The van der Waals surface area contributed by atoms with E-state index in [9.17, 15) is 4.79 Å². The second-order valence-electron chi connectivity index (χ2n) is 7.29. The molecule has 2 aliphatic heterocycles. The standard InChI is InChI=1S/C20H30N4O2.HI/c1-23(2)19(25)14-22-20(21-13-18-9-6-12-26-18)24-11-10-17(15-24)16-7-4-3-5-8-16;/h3-5,7-8,17-18H,6,9-15H2,1-2H3,(H,21,22);1H. The molecule has 2 fully saturated rings. The largest absolute Gasteiger partial charge is 0.376 e. The van der Waals surface area contributed by atoms with Crippen LogP contribution in [0.1, 0.15) is 30.7 Å². The van der Waals surface area contributed by atoms with Gasteiger partial charge >= 0.3 is 0 Å². The zero-order chi connectivity index (χ0) is 18.4. The van der Waals surface area contributed by atoms with Crippen LogP contribution in [0.4, 0.5) is 0 Å². The number of ether oxygens (including phenoxy) is 1. The molecule has 0 aliphatic carbocycles. The van der Waals surface area contributed by atoms with Crippen LogP contribution in [0.3, 0.4) is 0 Å². The minimum absolute atomic E-state index is 0. The van der Waals surface area contributed by atoms with Crippen molar-refractivity contribution in [3.8, 4) is 0 Å². The van der Waals surface area contributed by atoms with Gasteiger partial charge in [-0.05, 0) is 24.8 Å². The van der Waals surface area contributed by atoms with Crippen molar-refractivity contribution in [1.29, 1.82) is 0 Å². The van der Waals surface area contributed by atoms with Crippen LogP contribution < -0.4 is 5.32 Å². The molecule has 1 amide bonds. The first kappa shape index (κ1) is 21.9. The van der Waals surface area contributed by atoms with E-state index in [2.05, 4.69) is 45.5 Å². The molecule has 2 heterocycles. The van der Waals surface area contributed by atoms with Gasteiger partial charge in [0.25, 0.3) is 0 Å². The van der Waals surface area contributed by atoms with E-state index in [-0.39, 0.29) is 42.5 Å². The average Bonchev–Trinajstić information content (AvgIpc) is 3.34. The molecule has 2 atom stereocenters. The van der Waals surface area contributed by atoms with Crippen LogP contribution in [0.15, 0.2) is 35.3 Å². The summed E-state index contributed by atoms with van der Waals surface area (Å²) in [6, 6.07) is 10.6. The van der Waals surface area contributed by atoms with Gasteiger partial charge in [0.1, 0.15) is 6.54 Å². The van der Waals surface area contributed by atoms with Crippen LogP contribution in [0.2, 0.25) is 0 Å². The third-order valence-corrected chi connectivity index (χ3v) is 5.13. The summed E-state index contributed by atoms with van der Waals surface area (Å²) in [6.07, 6.45) is 3.56. The van der Waals surface area contributed by atoms with Gasteiger partial charge in [0.2, 0.25) is 5.91 Å². The molecule has 1 aromatic rings. The summed E-state index contributed by atoms with van der Waals surface area (Å²) >= 11 is 0. The van der Waals surface area contributed by atoms with E-state index in [0.29, 0.717) is 5.92 Å². The number of carbonyl (C=O) groups is 1. The van der Waals surface area contributed by atoms with Crippen molar-refractivity contribution in [2.75, 3.05) is 46.9 Å². The molecule has 0 bridgehead atoms. The number of halogens is 1. The number of nitrogens with one attached hydrogen (secondary N) is 1. The number of benzene rings is 1. The predicted molar refractivity (Wildman–Crippen MR) is 119 cm³/mol. The monoisotopic (exact) mass is 486 g/mol. The zero-order valence-corrected chi connectivity index (χ0v) is 18.6. The van der Waals surface area contributed by atoms with Gasteiger partial charge in [-0.3, -0.25) is 4.79 Å². The van der Waals surface area contributed by atoms with E-state index in [0.717, 1.165) is 51.5 Å².